The second-order valence-electron chi connectivity index (χ2n) is 5.25. The molecule has 0 aliphatic heterocycles. The van der Waals surface area contributed by atoms with Crippen LogP contribution in [0.1, 0.15) is 32.4 Å². The van der Waals surface area contributed by atoms with E-state index in [4.69, 9.17) is 4.74 Å². The number of benzene rings is 1. The fourth-order valence-electron chi connectivity index (χ4n) is 2.19. The number of nitrogens with one attached hydrogen (secondary N) is 2. The second kappa shape index (κ2) is 9.84. The number of likely N-dealkylation sites (N-methyl/N-ethyl adjacent to an activating group) is 1. The molecule has 23 heavy (non-hydrogen) atoms. The summed E-state index contributed by atoms with van der Waals surface area (Å²) in [4.78, 5) is 25.9. The van der Waals surface area contributed by atoms with Gasteiger partial charge in [-0.2, -0.15) is 0 Å². The summed E-state index contributed by atoms with van der Waals surface area (Å²) in [5.41, 5.74) is 0.912. The largest absolute Gasteiger partial charge is 0.497 e. The normalized spacial score (nSPS) is 11.9. The van der Waals surface area contributed by atoms with Gasteiger partial charge < -0.3 is 20.3 Å². The molecular formula is C17H27N3O3. The highest BCUT2D eigenvalue weighted by Crippen LogP contribution is 2.16. The van der Waals surface area contributed by atoms with Crippen molar-refractivity contribution < 1.29 is 14.3 Å². The Balaban J connectivity index is 2.42. The number of nitrogens with zero attached hydrogens (tertiary/aromatic N) is 1. The first-order chi connectivity index (χ1) is 11.0. The summed E-state index contributed by atoms with van der Waals surface area (Å²) in [5, 5.41) is 5.34. The van der Waals surface area contributed by atoms with E-state index < -0.39 is 11.8 Å². The molecule has 0 saturated heterocycles. The third kappa shape index (κ3) is 6.28. The molecule has 0 saturated carbocycles. The molecule has 2 N–H and O–H groups in total. The molecule has 1 atom stereocenters. The summed E-state index contributed by atoms with van der Waals surface area (Å²) in [6, 6.07) is 7.12. The molecule has 128 valence electrons. The molecular weight excluding hydrogens is 294 g/mol. The molecule has 0 heterocycles. The molecule has 0 aliphatic carbocycles. The number of ether oxygens (including phenoxy) is 1. The number of carbonyl (C=O) groups excluding carboxylic acids is 2. The number of hydrogen-bond acceptors (Lipinski definition) is 4. The fraction of sp³-hybridized carbons (Fsp3) is 0.529. The number of methoxy groups -OCH3 is 1. The maximum atomic E-state index is 11.9. The van der Waals surface area contributed by atoms with Gasteiger partial charge in [0.15, 0.2) is 0 Å². The third-order valence-electron chi connectivity index (χ3n) is 3.78. The molecule has 0 spiro atoms. The van der Waals surface area contributed by atoms with Crippen molar-refractivity contribution in [3.63, 3.8) is 0 Å². The van der Waals surface area contributed by atoms with E-state index >= 15 is 0 Å². The highest BCUT2D eigenvalue weighted by Gasteiger charge is 2.16. The van der Waals surface area contributed by atoms with Crippen LogP contribution in [0, 0.1) is 0 Å². The predicted octanol–water partition coefficient (Wildman–Crippen LogP) is 1.33. The molecule has 6 nitrogen and oxygen atoms in total. The van der Waals surface area contributed by atoms with E-state index in [0.717, 1.165) is 30.9 Å². The zero-order valence-electron chi connectivity index (χ0n) is 14.4. The summed E-state index contributed by atoms with van der Waals surface area (Å²) in [7, 11) is 1.60. The van der Waals surface area contributed by atoms with Gasteiger partial charge in [-0.05, 0) is 37.7 Å². The van der Waals surface area contributed by atoms with Crippen LogP contribution in [0.25, 0.3) is 0 Å². The molecule has 0 aliphatic rings. The Bertz CT molecular complexity index is 498. The Labute approximate surface area is 138 Å². The average molecular weight is 321 g/mol. The van der Waals surface area contributed by atoms with Gasteiger partial charge in [0.1, 0.15) is 5.75 Å². The van der Waals surface area contributed by atoms with Crippen molar-refractivity contribution in [1.29, 1.82) is 0 Å². The van der Waals surface area contributed by atoms with Gasteiger partial charge >= 0.3 is 11.8 Å². The topological polar surface area (TPSA) is 70.7 Å². The van der Waals surface area contributed by atoms with Crippen molar-refractivity contribution >= 4 is 11.8 Å². The van der Waals surface area contributed by atoms with Crippen LogP contribution in [0.4, 0.5) is 0 Å². The fourth-order valence-corrected chi connectivity index (χ4v) is 2.19. The molecule has 1 aromatic rings. The summed E-state index contributed by atoms with van der Waals surface area (Å²) in [5.74, 6) is -0.466. The van der Waals surface area contributed by atoms with Crippen LogP contribution in [0.2, 0.25) is 0 Å². The van der Waals surface area contributed by atoms with E-state index in [9.17, 15) is 9.59 Å². The lowest BCUT2D eigenvalue weighted by Gasteiger charge is -2.18. The van der Waals surface area contributed by atoms with Gasteiger partial charge in [-0.15, -0.1) is 0 Å². The molecule has 0 fully saturated rings. The molecule has 1 rings (SSSR count). The standard InChI is InChI=1S/C17H27N3O3/c1-5-20(6-2)12-11-18-16(21)17(22)19-13(3)14-7-9-15(23-4)10-8-14/h7-10,13H,5-6,11-12H2,1-4H3,(H,18,21)(H,19,22). The molecule has 1 unspecified atom stereocenters. The van der Waals surface area contributed by atoms with Gasteiger partial charge in [0, 0.05) is 13.1 Å². The molecule has 0 radical (unpaired) electrons. The number of carbonyl (C=O) groups is 2. The van der Waals surface area contributed by atoms with Crippen LogP contribution in [0.15, 0.2) is 24.3 Å². The minimum Gasteiger partial charge on any atom is -0.497 e. The lowest BCUT2D eigenvalue weighted by atomic mass is 10.1. The maximum absolute atomic E-state index is 11.9. The zero-order chi connectivity index (χ0) is 17.2. The Morgan fingerprint density at radius 2 is 1.74 bits per heavy atom. The van der Waals surface area contributed by atoms with Crippen molar-refractivity contribution in [1.82, 2.24) is 15.5 Å². The van der Waals surface area contributed by atoms with Crippen molar-refractivity contribution in [2.45, 2.75) is 26.8 Å². The van der Waals surface area contributed by atoms with Crippen LogP contribution < -0.4 is 15.4 Å². The molecule has 6 heteroatoms. The molecule has 2 amide bonds. The molecule has 0 bridgehead atoms. The Kier molecular flexibility index (Phi) is 8.11. The third-order valence-corrected chi connectivity index (χ3v) is 3.78. The maximum Gasteiger partial charge on any atom is 0.309 e. The van der Waals surface area contributed by atoms with E-state index in [2.05, 4.69) is 29.4 Å². The zero-order valence-corrected chi connectivity index (χ0v) is 14.4. The SMILES string of the molecule is CCN(CC)CCNC(=O)C(=O)NC(C)c1ccc(OC)cc1. The van der Waals surface area contributed by atoms with E-state index in [1.54, 1.807) is 7.11 Å². The predicted molar refractivity (Wildman–Crippen MR) is 90.3 cm³/mol. The van der Waals surface area contributed by atoms with Gasteiger partial charge in [-0.1, -0.05) is 26.0 Å². The first-order valence-corrected chi connectivity index (χ1v) is 7.96. The molecule has 0 aromatic heterocycles. The lowest BCUT2D eigenvalue weighted by Crippen LogP contribution is -2.43. The lowest BCUT2D eigenvalue weighted by molar-refractivity contribution is -0.139. The Morgan fingerprint density at radius 3 is 2.26 bits per heavy atom. The second-order valence-corrected chi connectivity index (χ2v) is 5.25. The number of hydrogen-bond donors (Lipinski definition) is 2. The van der Waals surface area contributed by atoms with E-state index in [0.29, 0.717) is 6.54 Å². The first kappa shape index (κ1) is 19.0. The summed E-state index contributed by atoms with van der Waals surface area (Å²) in [6.07, 6.45) is 0. The number of amides is 2. The quantitative estimate of drug-likeness (QED) is 0.709. The first-order valence-electron chi connectivity index (χ1n) is 7.96. The van der Waals surface area contributed by atoms with Crippen molar-refractivity contribution in [3.05, 3.63) is 29.8 Å². The summed E-state index contributed by atoms with van der Waals surface area (Å²) in [6.45, 7) is 9.01. The van der Waals surface area contributed by atoms with Gasteiger partial charge in [-0.25, -0.2) is 0 Å². The van der Waals surface area contributed by atoms with Gasteiger partial charge in [-0.3, -0.25) is 9.59 Å². The van der Waals surface area contributed by atoms with Gasteiger partial charge in [0.05, 0.1) is 13.2 Å². The van der Waals surface area contributed by atoms with Crippen LogP contribution >= 0.6 is 0 Å². The van der Waals surface area contributed by atoms with Gasteiger partial charge in [0.2, 0.25) is 0 Å². The van der Waals surface area contributed by atoms with Crippen LogP contribution in [0.3, 0.4) is 0 Å². The van der Waals surface area contributed by atoms with Crippen molar-refractivity contribution in [2.24, 2.45) is 0 Å². The minimum atomic E-state index is -0.618. The van der Waals surface area contributed by atoms with E-state index in [-0.39, 0.29) is 6.04 Å². The monoisotopic (exact) mass is 321 g/mol. The number of rotatable bonds is 8. The smallest absolute Gasteiger partial charge is 0.309 e. The summed E-state index contributed by atoms with van der Waals surface area (Å²) < 4.78 is 5.09. The van der Waals surface area contributed by atoms with Crippen molar-refractivity contribution in [3.8, 4) is 5.75 Å². The molecule has 1 aromatic carbocycles. The Hall–Kier alpha value is -2.08. The van der Waals surface area contributed by atoms with Crippen LogP contribution in [-0.2, 0) is 9.59 Å². The minimum absolute atomic E-state index is 0.248. The van der Waals surface area contributed by atoms with Crippen LogP contribution in [-0.4, -0.2) is 50.0 Å². The highest BCUT2D eigenvalue weighted by molar-refractivity contribution is 6.35. The van der Waals surface area contributed by atoms with Crippen LogP contribution in [0.5, 0.6) is 5.75 Å². The van der Waals surface area contributed by atoms with E-state index in [1.165, 1.54) is 0 Å². The average Bonchev–Trinajstić information content (AvgIpc) is 2.58. The van der Waals surface area contributed by atoms with Gasteiger partial charge in [0.25, 0.3) is 0 Å². The van der Waals surface area contributed by atoms with E-state index in [1.807, 2.05) is 31.2 Å². The summed E-state index contributed by atoms with van der Waals surface area (Å²) >= 11 is 0. The highest BCUT2D eigenvalue weighted by atomic mass is 16.5. The van der Waals surface area contributed by atoms with Crippen molar-refractivity contribution in [2.75, 3.05) is 33.3 Å². The Morgan fingerprint density at radius 1 is 1.13 bits per heavy atom.